The van der Waals surface area contributed by atoms with Crippen molar-refractivity contribution in [1.29, 1.82) is 5.26 Å². The molecule has 0 radical (unpaired) electrons. The summed E-state index contributed by atoms with van der Waals surface area (Å²) in [6, 6.07) is 2.23. The predicted octanol–water partition coefficient (Wildman–Crippen LogP) is 2.54. The van der Waals surface area contributed by atoms with Crippen molar-refractivity contribution in [2.24, 2.45) is 5.92 Å². The van der Waals surface area contributed by atoms with E-state index in [1.54, 1.807) is 7.05 Å². The fourth-order valence-corrected chi connectivity index (χ4v) is 3.48. The van der Waals surface area contributed by atoms with Crippen molar-refractivity contribution in [2.75, 3.05) is 30.4 Å². The van der Waals surface area contributed by atoms with Crippen molar-refractivity contribution in [3.8, 4) is 6.07 Å². The fourth-order valence-electron chi connectivity index (χ4n) is 2.65. The molecule has 1 aromatic heterocycles. The quantitative estimate of drug-likeness (QED) is 0.809. The molecular weight excluding hydrogens is 322 g/mol. The van der Waals surface area contributed by atoms with E-state index in [0.717, 1.165) is 42.6 Å². The number of nitriles is 1. The van der Waals surface area contributed by atoms with Crippen LogP contribution in [0, 0.1) is 17.2 Å². The average Bonchev–Trinajstić information content (AvgIpc) is 3.02. The smallest absolute Gasteiger partial charge is 0.230 e. The van der Waals surface area contributed by atoms with Crippen molar-refractivity contribution in [1.82, 2.24) is 20.3 Å². The Balaban J connectivity index is 1.96. The van der Waals surface area contributed by atoms with Crippen LogP contribution < -0.4 is 15.5 Å². The van der Waals surface area contributed by atoms with Crippen molar-refractivity contribution >= 4 is 29.2 Å². The highest BCUT2D eigenvalue weighted by molar-refractivity contribution is 8.06. The van der Waals surface area contributed by atoms with Gasteiger partial charge in [-0.1, -0.05) is 18.7 Å². The van der Waals surface area contributed by atoms with E-state index in [-0.39, 0.29) is 0 Å². The van der Waals surface area contributed by atoms with Crippen LogP contribution in [0.4, 0.5) is 11.9 Å². The van der Waals surface area contributed by atoms with Crippen molar-refractivity contribution < 1.29 is 0 Å². The maximum atomic E-state index is 9.61. The van der Waals surface area contributed by atoms with E-state index < -0.39 is 0 Å². The Labute approximate surface area is 146 Å². The molecule has 1 fully saturated rings. The minimum absolute atomic E-state index is 0.406. The van der Waals surface area contributed by atoms with Crippen LogP contribution in [0.3, 0.4) is 0 Å². The van der Waals surface area contributed by atoms with Gasteiger partial charge < -0.3 is 15.5 Å². The number of hydrogen-bond donors (Lipinski definition) is 2. The second-order valence-electron chi connectivity index (χ2n) is 6.06. The number of nitrogens with one attached hydrogen (secondary N) is 2. The second-order valence-corrected chi connectivity index (χ2v) is 6.94. The normalized spacial score (nSPS) is 20.2. The van der Waals surface area contributed by atoms with Crippen LogP contribution in [0.2, 0.25) is 0 Å². The summed E-state index contributed by atoms with van der Waals surface area (Å²) in [7, 11) is 1.77. The van der Waals surface area contributed by atoms with Gasteiger partial charge in [0.25, 0.3) is 0 Å². The maximum absolute atomic E-state index is 9.61. The molecule has 0 aromatic carbocycles. The molecule has 0 saturated carbocycles. The van der Waals surface area contributed by atoms with E-state index in [1.807, 2.05) is 12.3 Å². The fraction of sp³-hybridized carbons (Fsp3) is 0.500. The van der Waals surface area contributed by atoms with Crippen molar-refractivity contribution in [3.63, 3.8) is 0 Å². The predicted molar refractivity (Wildman–Crippen MR) is 97.0 cm³/mol. The molecule has 2 aliphatic heterocycles. The lowest BCUT2D eigenvalue weighted by Crippen LogP contribution is -2.34. The number of hydrogen-bond acceptors (Lipinski definition) is 8. The Morgan fingerprint density at radius 3 is 2.71 bits per heavy atom. The number of aromatic nitrogens is 3. The van der Waals surface area contributed by atoms with Crippen LogP contribution >= 0.6 is 11.8 Å². The Morgan fingerprint density at radius 1 is 1.38 bits per heavy atom. The van der Waals surface area contributed by atoms with E-state index in [9.17, 15) is 5.26 Å². The lowest BCUT2D eigenvalue weighted by Gasteiger charge is -2.30. The standard InChI is InChI=1S/C16H21N7S/c1-10-4-6-23(7-5-10)16-21-13(20-15(18-3)22-16)12(8-17)14-19-11(2)9-24-14/h9-10,19H,4-7H2,1-3H3,(H,18,20,21,22)/b14-12-. The zero-order chi connectivity index (χ0) is 17.1. The van der Waals surface area contributed by atoms with E-state index in [2.05, 4.69) is 43.5 Å². The number of piperidine rings is 1. The molecule has 2 aliphatic rings. The Hall–Kier alpha value is -2.27. The molecule has 0 spiro atoms. The molecule has 0 unspecified atom stereocenters. The number of anilines is 2. The average molecular weight is 343 g/mol. The van der Waals surface area contributed by atoms with Gasteiger partial charge in [-0.2, -0.15) is 20.2 Å². The van der Waals surface area contributed by atoms with Gasteiger partial charge in [-0.25, -0.2) is 0 Å². The summed E-state index contributed by atoms with van der Waals surface area (Å²) < 4.78 is 0. The molecular formula is C16H21N7S. The van der Waals surface area contributed by atoms with Crippen molar-refractivity contribution in [2.45, 2.75) is 26.7 Å². The topological polar surface area (TPSA) is 89.8 Å². The van der Waals surface area contributed by atoms with E-state index in [4.69, 9.17) is 0 Å². The van der Waals surface area contributed by atoms with Crippen LogP contribution in [-0.4, -0.2) is 35.1 Å². The zero-order valence-electron chi connectivity index (χ0n) is 14.1. The first-order chi connectivity index (χ1) is 11.6. The summed E-state index contributed by atoms with van der Waals surface area (Å²) in [5.74, 6) is 2.26. The summed E-state index contributed by atoms with van der Waals surface area (Å²) in [5, 5.41) is 18.5. The lowest BCUT2D eigenvalue weighted by molar-refractivity contribution is 0.434. The third-order valence-corrected chi connectivity index (χ3v) is 5.15. The molecule has 0 aliphatic carbocycles. The first kappa shape index (κ1) is 16.6. The molecule has 0 bridgehead atoms. The van der Waals surface area contributed by atoms with Crippen molar-refractivity contribution in [3.05, 3.63) is 22.0 Å². The summed E-state index contributed by atoms with van der Waals surface area (Å²) in [6.07, 6.45) is 2.26. The largest absolute Gasteiger partial charge is 0.357 e. The van der Waals surface area contributed by atoms with Crippen LogP contribution in [0.25, 0.3) is 5.57 Å². The SMILES string of the molecule is CNc1nc(/C(C#N)=C2/NC(C)=CS2)nc(N2CCC(C)CC2)n1. The number of thioether (sulfide) groups is 1. The van der Waals surface area contributed by atoms with Gasteiger partial charge in [0.1, 0.15) is 11.6 Å². The summed E-state index contributed by atoms with van der Waals surface area (Å²) in [4.78, 5) is 15.6. The lowest BCUT2D eigenvalue weighted by atomic mass is 10.00. The Morgan fingerprint density at radius 2 is 2.12 bits per heavy atom. The second kappa shape index (κ2) is 7.09. The van der Waals surface area contributed by atoms with Crippen LogP contribution in [-0.2, 0) is 0 Å². The molecule has 0 atom stereocenters. The first-order valence-corrected chi connectivity index (χ1v) is 8.92. The number of rotatable bonds is 3. The third-order valence-electron chi connectivity index (χ3n) is 4.14. The molecule has 3 heterocycles. The summed E-state index contributed by atoms with van der Waals surface area (Å²) in [5.41, 5.74) is 1.45. The van der Waals surface area contributed by atoms with Gasteiger partial charge in [-0.3, -0.25) is 0 Å². The zero-order valence-corrected chi connectivity index (χ0v) is 14.9. The van der Waals surface area contributed by atoms with Gasteiger partial charge in [-0.15, -0.1) is 0 Å². The molecule has 24 heavy (non-hydrogen) atoms. The summed E-state index contributed by atoms with van der Waals surface area (Å²) in [6.45, 7) is 6.09. The molecule has 8 heteroatoms. The number of nitrogens with zero attached hydrogens (tertiary/aromatic N) is 5. The molecule has 7 nitrogen and oxygen atoms in total. The van der Waals surface area contributed by atoms with Gasteiger partial charge in [0.2, 0.25) is 11.9 Å². The maximum Gasteiger partial charge on any atom is 0.230 e. The van der Waals surface area contributed by atoms with E-state index in [1.165, 1.54) is 11.8 Å². The molecule has 3 rings (SSSR count). The van der Waals surface area contributed by atoms with Gasteiger partial charge in [0.05, 0.1) is 5.03 Å². The summed E-state index contributed by atoms with van der Waals surface area (Å²) >= 11 is 1.48. The molecule has 1 aromatic rings. The van der Waals surface area contributed by atoms with Gasteiger partial charge in [0, 0.05) is 25.8 Å². The van der Waals surface area contributed by atoms with Crippen LogP contribution in [0.5, 0.6) is 0 Å². The van der Waals surface area contributed by atoms with E-state index in [0.29, 0.717) is 23.3 Å². The highest BCUT2D eigenvalue weighted by Gasteiger charge is 2.22. The number of allylic oxidation sites excluding steroid dienone is 2. The minimum Gasteiger partial charge on any atom is -0.357 e. The van der Waals surface area contributed by atoms with Gasteiger partial charge in [0.15, 0.2) is 5.82 Å². The van der Waals surface area contributed by atoms with Gasteiger partial charge >= 0.3 is 0 Å². The molecule has 0 amide bonds. The van der Waals surface area contributed by atoms with E-state index >= 15 is 0 Å². The third kappa shape index (κ3) is 3.46. The minimum atomic E-state index is 0.406. The molecule has 2 N–H and O–H groups in total. The highest BCUT2D eigenvalue weighted by atomic mass is 32.2. The van der Waals surface area contributed by atoms with Gasteiger partial charge in [-0.05, 0) is 31.1 Å². The Bertz CT molecular complexity index is 726. The highest BCUT2D eigenvalue weighted by Crippen LogP contribution is 2.31. The van der Waals surface area contributed by atoms with Crippen LogP contribution in [0.1, 0.15) is 32.5 Å². The molecule has 126 valence electrons. The first-order valence-electron chi connectivity index (χ1n) is 8.04. The Kier molecular flexibility index (Phi) is 4.90. The van der Waals surface area contributed by atoms with Crippen LogP contribution in [0.15, 0.2) is 16.1 Å². The molecule has 1 saturated heterocycles. The monoisotopic (exact) mass is 343 g/mol.